The minimum absolute atomic E-state index is 0.0551. The molecule has 2 saturated heterocycles. The highest BCUT2D eigenvalue weighted by molar-refractivity contribution is 8.12. The molecule has 3 aromatic rings. The van der Waals surface area contributed by atoms with E-state index in [9.17, 15) is 20.4 Å². The Morgan fingerprint density at radius 1 is 0.627 bits per heavy atom. The molecule has 4 N–H and O–H groups in total. The van der Waals surface area contributed by atoms with E-state index in [0.717, 1.165) is 36.0 Å². The number of hydrogen-bond donors (Lipinski definition) is 4. The van der Waals surface area contributed by atoms with E-state index in [-0.39, 0.29) is 45.7 Å². The average molecular weight is 795 g/mol. The molecule has 8 heterocycles. The summed E-state index contributed by atoms with van der Waals surface area (Å²) in [6.07, 6.45) is 0.645. The van der Waals surface area contributed by atoms with Crippen LogP contribution in [0.25, 0.3) is 4.91 Å². The van der Waals surface area contributed by atoms with Crippen LogP contribution in [0.3, 0.4) is 0 Å². The normalized spacial score (nSPS) is 26.7. The summed E-state index contributed by atoms with van der Waals surface area (Å²) in [7, 11) is 0. The van der Waals surface area contributed by atoms with E-state index >= 15 is 0 Å². The highest BCUT2D eigenvalue weighted by Crippen LogP contribution is 2.64. The monoisotopic (exact) mass is 794 g/mol. The molecule has 3 aromatic heterocycles. The largest absolute Gasteiger partial charge is 0.503 e. The predicted octanol–water partition coefficient (Wildman–Crippen LogP) is 8.11. The number of fused-ring (bicyclic) bond motifs is 3. The fourth-order valence-corrected chi connectivity index (χ4v) is 15.0. The van der Waals surface area contributed by atoms with Crippen molar-refractivity contribution in [2.45, 2.75) is 87.9 Å². The van der Waals surface area contributed by atoms with Gasteiger partial charge in [-0.25, -0.2) is 0 Å². The second-order valence-corrected chi connectivity index (χ2v) is 19.5. The van der Waals surface area contributed by atoms with Crippen molar-refractivity contribution in [3.63, 3.8) is 0 Å². The molecule has 5 aliphatic rings. The summed E-state index contributed by atoms with van der Waals surface area (Å²) in [5, 5.41) is 43.0. The Morgan fingerprint density at radius 3 is 1.82 bits per heavy atom. The van der Waals surface area contributed by atoms with E-state index in [1.165, 1.54) is 22.7 Å². The minimum Gasteiger partial charge on any atom is -0.503 e. The summed E-state index contributed by atoms with van der Waals surface area (Å²) in [6, 6.07) is 0. The Balaban J connectivity index is 1.20. The SMILES string of the molecule is CCC(C)(c1sc(C)c(O)c1O)c1sc(C2=C3OCCOC3C(C3=C4OCCOC4C(C(C)(CC)c4sc(C)c(O)c4O)S3)S2)c2c1OCCO2. The maximum atomic E-state index is 11.1. The van der Waals surface area contributed by atoms with Gasteiger partial charge in [-0.1, -0.05) is 20.8 Å². The van der Waals surface area contributed by atoms with Gasteiger partial charge in [-0.3, -0.25) is 0 Å². The lowest BCUT2D eigenvalue weighted by atomic mass is 9.79. The molecule has 0 spiro atoms. The zero-order chi connectivity index (χ0) is 36.0. The summed E-state index contributed by atoms with van der Waals surface area (Å²) in [4.78, 5) is 6.56. The van der Waals surface area contributed by atoms with Crippen LogP contribution in [0, 0.1) is 13.8 Å². The van der Waals surface area contributed by atoms with Crippen molar-refractivity contribution in [1.82, 2.24) is 0 Å². The van der Waals surface area contributed by atoms with E-state index in [2.05, 4.69) is 27.7 Å². The Morgan fingerprint density at radius 2 is 1.22 bits per heavy atom. The molecule has 51 heavy (non-hydrogen) atoms. The zero-order valence-electron chi connectivity index (χ0n) is 29.2. The van der Waals surface area contributed by atoms with Crippen LogP contribution in [0.1, 0.15) is 69.8 Å². The van der Waals surface area contributed by atoms with Crippen molar-refractivity contribution in [2.24, 2.45) is 0 Å². The summed E-state index contributed by atoms with van der Waals surface area (Å²) in [6.45, 7) is 14.6. The third-order valence-electron chi connectivity index (χ3n) is 10.8. The van der Waals surface area contributed by atoms with E-state index in [0.29, 0.717) is 78.6 Å². The molecule has 0 saturated carbocycles. The highest BCUT2D eigenvalue weighted by Gasteiger charge is 2.56. The van der Waals surface area contributed by atoms with Crippen LogP contribution in [0.15, 0.2) is 16.4 Å². The van der Waals surface area contributed by atoms with Crippen LogP contribution in [0.2, 0.25) is 0 Å². The molecule has 2 fully saturated rings. The second-order valence-electron chi connectivity index (χ2n) is 13.7. The smallest absolute Gasteiger partial charge is 0.180 e. The number of ether oxygens (including phenoxy) is 6. The van der Waals surface area contributed by atoms with Crippen molar-refractivity contribution in [3.05, 3.63) is 45.7 Å². The lowest BCUT2D eigenvalue weighted by molar-refractivity contribution is -0.0504. The first kappa shape index (κ1) is 35.6. The molecule has 15 heteroatoms. The van der Waals surface area contributed by atoms with E-state index in [1.807, 2.05) is 6.92 Å². The Kier molecular flexibility index (Phi) is 9.20. The number of rotatable bonds is 8. The van der Waals surface area contributed by atoms with Crippen LogP contribution in [0.4, 0.5) is 0 Å². The van der Waals surface area contributed by atoms with Gasteiger partial charge in [0.15, 0.2) is 34.5 Å². The summed E-state index contributed by atoms with van der Waals surface area (Å²) in [5.74, 6) is 2.59. The van der Waals surface area contributed by atoms with Gasteiger partial charge in [0.25, 0.3) is 0 Å². The lowest BCUT2D eigenvalue weighted by Gasteiger charge is -2.38. The average Bonchev–Trinajstić information content (AvgIpc) is 3.95. The second kappa shape index (κ2) is 13.2. The molecular formula is C36H42O10S5. The number of thioether (sulfide) groups is 2. The third-order valence-corrected chi connectivity index (χ3v) is 18.4. The Hall–Kier alpha value is -2.40. The van der Waals surface area contributed by atoms with Gasteiger partial charge in [0.2, 0.25) is 0 Å². The van der Waals surface area contributed by atoms with Gasteiger partial charge in [0, 0.05) is 25.5 Å². The van der Waals surface area contributed by atoms with Gasteiger partial charge in [-0.05, 0) is 33.6 Å². The summed E-state index contributed by atoms with van der Waals surface area (Å²) < 4.78 is 38.6. The van der Waals surface area contributed by atoms with Crippen LogP contribution in [-0.4, -0.2) is 82.8 Å². The van der Waals surface area contributed by atoms with Gasteiger partial charge < -0.3 is 48.8 Å². The molecule has 0 aliphatic carbocycles. The van der Waals surface area contributed by atoms with Crippen molar-refractivity contribution >= 4 is 62.4 Å². The summed E-state index contributed by atoms with van der Waals surface area (Å²) >= 11 is 7.80. The highest BCUT2D eigenvalue weighted by atomic mass is 32.2. The minimum atomic E-state index is -0.657. The number of thiophene rings is 3. The molecule has 6 atom stereocenters. The first-order chi connectivity index (χ1) is 24.4. The maximum Gasteiger partial charge on any atom is 0.180 e. The summed E-state index contributed by atoms with van der Waals surface area (Å²) in [5.41, 5.74) is -1.19. The standard InChI is InChI=1S/C36H42O10S5/c1-7-35(5,31-19(39)17(37)15(3)47-31)33-25-23(43-11-13-45-25)29(50-33)27-21-22(42-10-9-41-21)28(49-27)30-24-26(46-14-12-44-24)34(51-30)36(6,8-2)32-20(40)18(38)16(4)48-32/h21,25,27,33,37-40H,7-14H2,1-6H3. The van der Waals surface area contributed by atoms with Crippen molar-refractivity contribution in [2.75, 3.05) is 39.6 Å². The first-order valence-electron chi connectivity index (χ1n) is 17.2. The van der Waals surface area contributed by atoms with Gasteiger partial charge in [0.05, 0.1) is 48.1 Å². The maximum absolute atomic E-state index is 11.1. The van der Waals surface area contributed by atoms with E-state index in [4.69, 9.17) is 28.4 Å². The zero-order valence-corrected chi connectivity index (χ0v) is 33.3. The van der Waals surface area contributed by atoms with Crippen LogP contribution in [0.5, 0.6) is 34.5 Å². The first-order valence-corrected chi connectivity index (χ1v) is 21.4. The number of hydrogen-bond acceptors (Lipinski definition) is 15. The van der Waals surface area contributed by atoms with Gasteiger partial charge in [-0.2, -0.15) is 0 Å². The van der Waals surface area contributed by atoms with Crippen molar-refractivity contribution in [3.8, 4) is 34.5 Å². The molecular weight excluding hydrogens is 753 g/mol. The fourth-order valence-electron chi connectivity index (χ4n) is 7.54. The Bertz CT molecular complexity index is 1940. The topological polar surface area (TPSA) is 136 Å². The molecule has 8 rings (SSSR count). The Labute approximate surface area is 317 Å². The molecule has 10 nitrogen and oxygen atoms in total. The molecule has 0 aromatic carbocycles. The lowest BCUT2D eigenvalue weighted by Crippen LogP contribution is -2.43. The van der Waals surface area contributed by atoms with Crippen LogP contribution >= 0.6 is 57.5 Å². The molecule has 276 valence electrons. The molecule has 0 radical (unpaired) electrons. The molecule has 5 aliphatic heterocycles. The van der Waals surface area contributed by atoms with Crippen molar-refractivity contribution in [1.29, 1.82) is 0 Å². The van der Waals surface area contributed by atoms with Gasteiger partial charge >= 0.3 is 0 Å². The van der Waals surface area contributed by atoms with Crippen LogP contribution in [-0.2, 0) is 29.8 Å². The predicted molar refractivity (Wildman–Crippen MR) is 203 cm³/mol. The van der Waals surface area contributed by atoms with Crippen molar-refractivity contribution < 1.29 is 48.8 Å². The van der Waals surface area contributed by atoms with Crippen LogP contribution < -0.4 is 9.47 Å². The molecule has 6 unspecified atom stereocenters. The van der Waals surface area contributed by atoms with E-state index < -0.39 is 10.8 Å². The molecule has 0 amide bonds. The fraction of sp³-hybridized carbons (Fsp3) is 0.556. The quantitative estimate of drug-likeness (QED) is 0.175. The van der Waals surface area contributed by atoms with E-state index in [1.54, 1.807) is 41.8 Å². The van der Waals surface area contributed by atoms with Gasteiger partial charge in [-0.15, -0.1) is 57.5 Å². The molecule has 0 bridgehead atoms. The number of aryl methyl sites for hydroxylation is 2. The van der Waals surface area contributed by atoms with Gasteiger partial charge in [0.1, 0.15) is 50.2 Å². The third kappa shape index (κ3) is 5.30. The number of aromatic hydroxyl groups is 4.